The van der Waals surface area contributed by atoms with Gasteiger partial charge in [0.2, 0.25) is 11.8 Å². The molecule has 1 amide bonds. The van der Waals surface area contributed by atoms with Crippen LogP contribution in [0.1, 0.15) is 32.6 Å². The van der Waals surface area contributed by atoms with Crippen molar-refractivity contribution in [1.82, 2.24) is 19.8 Å². The molecule has 0 aliphatic carbocycles. The first-order valence-corrected chi connectivity index (χ1v) is 11.7. The van der Waals surface area contributed by atoms with Gasteiger partial charge in [-0.3, -0.25) is 4.79 Å². The quantitative estimate of drug-likeness (QED) is 0.550. The van der Waals surface area contributed by atoms with E-state index in [9.17, 15) is 4.79 Å². The van der Waals surface area contributed by atoms with Gasteiger partial charge in [0.05, 0.1) is 0 Å². The van der Waals surface area contributed by atoms with E-state index in [1.54, 1.807) is 18.1 Å². The predicted molar refractivity (Wildman–Crippen MR) is 135 cm³/mol. The molecule has 0 atom stereocenters. The number of hydrogen-bond donors (Lipinski definition) is 0. The van der Waals surface area contributed by atoms with Gasteiger partial charge in [-0.2, -0.15) is 4.98 Å². The number of piperazine rings is 1. The molecule has 34 heavy (non-hydrogen) atoms. The number of para-hydroxylation sites is 1. The lowest BCUT2D eigenvalue weighted by Gasteiger charge is -2.32. The summed E-state index contributed by atoms with van der Waals surface area (Å²) in [5, 5.41) is 0. The van der Waals surface area contributed by atoms with Crippen LogP contribution in [0.4, 0.5) is 5.95 Å². The van der Waals surface area contributed by atoms with Gasteiger partial charge >= 0.3 is 0 Å². The summed E-state index contributed by atoms with van der Waals surface area (Å²) in [6.45, 7) is 10.2. The summed E-state index contributed by atoms with van der Waals surface area (Å²) in [7, 11) is 3.91. The van der Waals surface area contributed by atoms with E-state index >= 15 is 0 Å². The number of anilines is 1. The van der Waals surface area contributed by atoms with Crippen LogP contribution in [0.15, 0.2) is 48.7 Å². The maximum Gasteiger partial charge on any atom is 0.260 e. The smallest absolute Gasteiger partial charge is 0.260 e. The molecular weight excluding hydrogens is 426 g/mol. The van der Waals surface area contributed by atoms with Crippen molar-refractivity contribution in [2.75, 3.05) is 45.2 Å². The minimum Gasteiger partial charge on any atom is -0.438 e. The Labute approximate surface area is 202 Å². The molecule has 7 nitrogen and oxygen atoms in total. The Morgan fingerprint density at radius 3 is 2.38 bits per heavy atom. The zero-order chi connectivity index (χ0) is 24.2. The largest absolute Gasteiger partial charge is 0.438 e. The van der Waals surface area contributed by atoms with Crippen LogP contribution in [-0.2, 0) is 6.54 Å². The molecule has 7 heteroatoms. The minimum atomic E-state index is -0.173. The average molecular weight is 460 g/mol. The lowest BCUT2D eigenvalue weighted by molar-refractivity contribution is 0.0781. The molecule has 0 spiro atoms. The summed E-state index contributed by atoms with van der Waals surface area (Å²) in [5.74, 6) is 1.38. The van der Waals surface area contributed by atoms with Crippen molar-refractivity contribution in [2.24, 2.45) is 0 Å². The highest BCUT2D eigenvalue weighted by Gasteiger charge is 2.24. The van der Waals surface area contributed by atoms with Crippen LogP contribution < -0.4 is 9.64 Å². The molecule has 1 fully saturated rings. The Balaban J connectivity index is 1.64. The van der Waals surface area contributed by atoms with Crippen molar-refractivity contribution in [3.8, 4) is 11.6 Å². The number of rotatable bonds is 6. The molecule has 1 saturated heterocycles. The first-order chi connectivity index (χ1) is 16.3. The van der Waals surface area contributed by atoms with Crippen molar-refractivity contribution in [3.63, 3.8) is 0 Å². The molecule has 4 rings (SSSR count). The van der Waals surface area contributed by atoms with Gasteiger partial charge in [0.1, 0.15) is 11.3 Å². The maximum absolute atomic E-state index is 13.5. The number of nitrogens with zero attached hydrogens (tertiary/aromatic N) is 5. The molecule has 0 N–H and O–H groups in total. The summed E-state index contributed by atoms with van der Waals surface area (Å²) in [6, 6.07) is 14.1. The van der Waals surface area contributed by atoms with Crippen molar-refractivity contribution >= 4 is 11.9 Å². The Morgan fingerprint density at radius 1 is 1.03 bits per heavy atom. The molecule has 0 bridgehead atoms. The number of aryl methyl sites for hydroxylation is 3. The van der Waals surface area contributed by atoms with E-state index in [2.05, 4.69) is 53.9 Å². The van der Waals surface area contributed by atoms with E-state index in [4.69, 9.17) is 9.72 Å². The number of hydrogen-bond acceptors (Lipinski definition) is 6. The van der Waals surface area contributed by atoms with Gasteiger partial charge < -0.3 is 19.4 Å². The van der Waals surface area contributed by atoms with E-state index < -0.39 is 0 Å². The van der Waals surface area contributed by atoms with Crippen molar-refractivity contribution in [2.45, 2.75) is 27.3 Å². The Hall–Kier alpha value is -3.45. The Morgan fingerprint density at radius 2 is 1.71 bits per heavy atom. The third-order valence-corrected chi connectivity index (χ3v) is 6.11. The number of aromatic nitrogens is 2. The third-order valence-electron chi connectivity index (χ3n) is 6.11. The lowest BCUT2D eigenvalue weighted by atomic mass is 10.1. The number of likely N-dealkylation sites (N-methyl/N-ethyl adjacent to an activating group) is 1. The monoisotopic (exact) mass is 459 g/mol. The van der Waals surface area contributed by atoms with Crippen molar-refractivity contribution in [3.05, 3.63) is 76.5 Å². The molecule has 178 valence electrons. The SMILES string of the molecule is Cc1cc(C)cc(CN(C)C(=O)c2cnc(N3CCN(C)CC3)nc2Oc2ccccc2C)c1. The molecule has 0 unspecified atom stereocenters. The van der Waals surface area contributed by atoms with Gasteiger partial charge in [-0.05, 0) is 45.0 Å². The molecule has 1 aliphatic heterocycles. The fraction of sp³-hybridized carbons (Fsp3) is 0.370. The topological polar surface area (TPSA) is 61.8 Å². The highest BCUT2D eigenvalue weighted by Crippen LogP contribution is 2.28. The third kappa shape index (κ3) is 5.54. The summed E-state index contributed by atoms with van der Waals surface area (Å²) in [6.07, 6.45) is 1.61. The first kappa shape index (κ1) is 23.7. The van der Waals surface area contributed by atoms with Gasteiger partial charge in [0.25, 0.3) is 5.91 Å². The minimum absolute atomic E-state index is 0.173. The van der Waals surface area contributed by atoms with E-state index in [0.717, 1.165) is 37.3 Å². The number of carbonyl (C=O) groups excluding carboxylic acids is 1. The molecule has 1 aliphatic rings. The van der Waals surface area contributed by atoms with Crippen LogP contribution in [0.25, 0.3) is 0 Å². The van der Waals surface area contributed by atoms with Crippen LogP contribution in [0.5, 0.6) is 11.6 Å². The second kappa shape index (κ2) is 10.2. The molecule has 2 aromatic carbocycles. The fourth-order valence-corrected chi connectivity index (χ4v) is 4.23. The zero-order valence-corrected chi connectivity index (χ0v) is 20.7. The van der Waals surface area contributed by atoms with E-state index in [1.807, 2.05) is 31.2 Å². The second-order valence-electron chi connectivity index (χ2n) is 9.20. The molecule has 0 radical (unpaired) electrons. The normalized spacial score (nSPS) is 14.2. The summed E-state index contributed by atoms with van der Waals surface area (Å²) in [5.41, 5.74) is 4.78. The van der Waals surface area contributed by atoms with Gasteiger partial charge in [0.15, 0.2) is 0 Å². The highest BCUT2D eigenvalue weighted by atomic mass is 16.5. The van der Waals surface area contributed by atoms with Crippen LogP contribution in [0, 0.1) is 20.8 Å². The maximum atomic E-state index is 13.5. The first-order valence-electron chi connectivity index (χ1n) is 11.7. The summed E-state index contributed by atoms with van der Waals surface area (Å²) < 4.78 is 6.22. The predicted octanol–water partition coefficient (Wildman–Crippen LogP) is 4.22. The van der Waals surface area contributed by atoms with Gasteiger partial charge in [-0.25, -0.2) is 4.98 Å². The van der Waals surface area contributed by atoms with Crippen LogP contribution in [0.2, 0.25) is 0 Å². The lowest BCUT2D eigenvalue weighted by Crippen LogP contribution is -2.45. The average Bonchev–Trinajstić information content (AvgIpc) is 2.80. The summed E-state index contributed by atoms with van der Waals surface area (Å²) in [4.78, 5) is 28.9. The fourth-order valence-electron chi connectivity index (χ4n) is 4.23. The molecule has 1 aromatic heterocycles. The van der Waals surface area contributed by atoms with Crippen LogP contribution >= 0.6 is 0 Å². The molecule has 0 saturated carbocycles. The number of amides is 1. The van der Waals surface area contributed by atoms with Crippen molar-refractivity contribution < 1.29 is 9.53 Å². The summed E-state index contributed by atoms with van der Waals surface area (Å²) >= 11 is 0. The van der Waals surface area contributed by atoms with Gasteiger partial charge in [-0.1, -0.05) is 47.5 Å². The second-order valence-corrected chi connectivity index (χ2v) is 9.20. The number of benzene rings is 2. The Bertz CT molecular complexity index is 1150. The highest BCUT2D eigenvalue weighted by molar-refractivity contribution is 5.96. The zero-order valence-electron chi connectivity index (χ0n) is 20.7. The Kier molecular flexibility index (Phi) is 7.12. The van der Waals surface area contributed by atoms with Crippen LogP contribution in [0.3, 0.4) is 0 Å². The molecular formula is C27H33N5O2. The van der Waals surface area contributed by atoms with E-state index in [-0.39, 0.29) is 11.8 Å². The molecule has 2 heterocycles. The van der Waals surface area contributed by atoms with Crippen LogP contribution in [-0.4, -0.2) is 65.9 Å². The van der Waals surface area contributed by atoms with Crippen molar-refractivity contribution in [1.29, 1.82) is 0 Å². The van der Waals surface area contributed by atoms with E-state index in [1.165, 1.54) is 11.1 Å². The van der Waals surface area contributed by atoms with E-state index in [0.29, 0.717) is 23.8 Å². The van der Waals surface area contributed by atoms with Gasteiger partial charge in [0, 0.05) is 46.0 Å². The van der Waals surface area contributed by atoms with Gasteiger partial charge in [-0.15, -0.1) is 0 Å². The number of carbonyl (C=O) groups is 1. The molecule has 3 aromatic rings. The number of ether oxygens (including phenoxy) is 1. The standard InChI is InChI=1S/C27H33N5O2/c1-19-14-20(2)16-22(15-19)18-31(5)26(33)23-17-28-27(32-12-10-30(4)11-13-32)29-25(23)34-24-9-7-6-8-21(24)3/h6-9,14-17H,10-13,18H2,1-5H3.